The standard InChI is InChI=1S/C12H12F6O4/c1-10(9(20)21-2)5-6(10)3-4-7(19)22-8(11(13,14)15)12(16,17)18/h3-4,6,8H,5H2,1-2H3. The van der Waals surface area contributed by atoms with E-state index in [-0.39, 0.29) is 6.42 Å². The Kier molecular flexibility index (Phi) is 4.83. The zero-order valence-electron chi connectivity index (χ0n) is 11.4. The number of allylic oxidation sites excluding steroid dienone is 1. The van der Waals surface area contributed by atoms with Gasteiger partial charge in [0.05, 0.1) is 12.5 Å². The Bertz CT molecular complexity index is 467. The summed E-state index contributed by atoms with van der Waals surface area (Å²) in [5, 5.41) is 0. The fourth-order valence-electron chi connectivity index (χ4n) is 1.82. The summed E-state index contributed by atoms with van der Waals surface area (Å²) in [6, 6.07) is 0. The SMILES string of the molecule is COC(=O)C1(C)CC1C=CC(=O)OC(C(F)(F)F)C(F)(F)F. The fraction of sp³-hybridized carbons (Fsp3) is 0.667. The highest BCUT2D eigenvalue weighted by molar-refractivity contribution is 5.84. The van der Waals surface area contributed by atoms with E-state index in [9.17, 15) is 35.9 Å². The Labute approximate surface area is 121 Å². The molecule has 1 aliphatic rings. The van der Waals surface area contributed by atoms with Crippen LogP contribution in [0.15, 0.2) is 12.2 Å². The van der Waals surface area contributed by atoms with Crippen LogP contribution in [0.4, 0.5) is 26.3 Å². The van der Waals surface area contributed by atoms with Crippen molar-refractivity contribution in [3.05, 3.63) is 12.2 Å². The van der Waals surface area contributed by atoms with Gasteiger partial charge in [-0.3, -0.25) is 4.79 Å². The minimum atomic E-state index is -5.76. The largest absolute Gasteiger partial charge is 0.469 e. The number of alkyl halides is 6. The van der Waals surface area contributed by atoms with Gasteiger partial charge in [-0.25, -0.2) is 4.79 Å². The van der Waals surface area contributed by atoms with E-state index in [4.69, 9.17) is 0 Å². The second-order valence-electron chi connectivity index (χ2n) is 4.98. The molecule has 2 unspecified atom stereocenters. The van der Waals surface area contributed by atoms with Crippen molar-refractivity contribution in [1.29, 1.82) is 0 Å². The molecule has 22 heavy (non-hydrogen) atoms. The molecule has 0 N–H and O–H groups in total. The maximum absolute atomic E-state index is 12.2. The molecule has 0 aliphatic heterocycles. The monoisotopic (exact) mass is 334 g/mol. The van der Waals surface area contributed by atoms with Crippen LogP contribution >= 0.6 is 0 Å². The minimum absolute atomic E-state index is 0.269. The summed E-state index contributed by atoms with van der Waals surface area (Å²) in [4.78, 5) is 22.4. The Balaban J connectivity index is 2.67. The van der Waals surface area contributed by atoms with Crippen molar-refractivity contribution >= 4 is 11.9 Å². The zero-order chi connectivity index (χ0) is 17.3. The molecule has 1 saturated carbocycles. The van der Waals surface area contributed by atoms with Gasteiger partial charge in [0.15, 0.2) is 0 Å². The van der Waals surface area contributed by atoms with Gasteiger partial charge in [0.25, 0.3) is 6.10 Å². The van der Waals surface area contributed by atoms with Crippen LogP contribution in [-0.4, -0.2) is 37.5 Å². The van der Waals surface area contributed by atoms with Crippen LogP contribution < -0.4 is 0 Å². The van der Waals surface area contributed by atoms with E-state index in [0.717, 1.165) is 13.2 Å². The van der Waals surface area contributed by atoms with Crippen LogP contribution in [0.1, 0.15) is 13.3 Å². The van der Waals surface area contributed by atoms with Gasteiger partial charge in [-0.2, -0.15) is 26.3 Å². The Hall–Kier alpha value is -1.74. The van der Waals surface area contributed by atoms with E-state index in [1.807, 2.05) is 0 Å². The molecule has 10 heteroatoms. The Morgan fingerprint density at radius 1 is 1.18 bits per heavy atom. The molecule has 0 saturated heterocycles. The summed E-state index contributed by atoms with van der Waals surface area (Å²) >= 11 is 0. The number of esters is 2. The molecule has 0 aromatic heterocycles. The molecule has 0 aromatic rings. The maximum Gasteiger partial charge on any atom is 0.434 e. The van der Waals surface area contributed by atoms with Gasteiger partial charge in [0.2, 0.25) is 0 Å². The number of rotatable bonds is 4. The normalized spacial score (nSPS) is 25.4. The summed E-state index contributed by atoms with van der Waals surface area (Å²) in [6.45, 7) is 1.49. The highest BCUT2D eigenvalue weighted by Crippen LogP contribution is 2.53. The third-order valence-corrected chi connectivity index (χ3v) is 3.25. The van der Waals surface area contributed by atoms with Crippen LogP contribution in [0.3, 0.4) is 0 Å². The van der Waals surface area contributed by atoms with Crippen LogP contribution in [0.5, 0.6) is 0 Å². The van der Waals surface area contributed by atoms with Crippen molar-refractivity contribution in [3.8, 4) is 0 Å². The molecule has 0 amide bonds. The third-order valence-electron chi connectivity index (χ3n) is 3.25. The second-order valence-corrected chi connectivity index (χ2v) is 4.98. The van der Waals surface area contributed by atoms with Gasteiger partial charge in [-0.1, -0.05) is 6.08 Å². The van der Waals surface area contributed by atoms with E-state index >= 15 is 0 Å². The fourth-order valence-corrected chi connectivity index (χ4v) is 1.82. The predicted octanol–water partition coefficient (Wildman–Crippen LogP) is 2.78. The lowest BCUT2D eigenvalue weighted by Gasteiger charge is -2.22. The summed E-state index contributed by atoms with van der Waals surface area (Å²) in [6.07, 6.45) is -14.0. The molecule has 1 aliphatic carbocycles. The summed E-state index contributed by atoms with van der Waals surface area (Å²) in [5.74, 6) is -2.89. The predicted molar refractivity (Wildman–Crippen MR) is 59.4 cm³/mol. The molecule has 0 bridgehead atoms. The van der Waals surface area contributed by atoms with Gasteiger partial charge in [0.1, 0.15) is 0 Å². The lowest BCUT2D eigenvalue weighted by molar-refractivity contribution is -0.312. The topological polar surface area (TPSA) is 52.6 Å². The number of hydrogen-bond donors (Lipinski definition) is 0. The molecule has 2 atom stereocenters. The van der Waals surface area contributed by atoms with Gasteiger partial charge in [-0.15, -0.1) is 0 Å². The summed E-state index contributed by atoms with van der Waals surface area (Å²) in [5.41, 5.74) is -0.932. The van der Waals surface area contributed by atoms with Gasteiger partial charge < -0.3 is 9.47 Å². The number of hydrogen-bond acceptors (Lipinski definition) is 4. The van der Waals surface area contributed by atoms with Crippen LogP contribution in [0.25, 0.3) is 0 Å². The van der Waals surface area contributed by atoms with Gasteiger partial charge >= 0.3 is 24.3 Å². The number of methoxy groups -OCH3 is 1. The average Bonchev–Trinajstić information content (AvgIpc) is 3.02. The number of ether oxygens (including phenoxy) is 2. The molecule has 0 aromatic carbocycles. The van der Waals surface area contributed by atoms with Crippen LogP contribution in [-0.2, 0) is 19.1 Å². The minimum Gasteiger partial charge on any atom is -0.469 e. The van der Waals surface area contributed by atoms with E-state index in [2.05, 4.69) is 9.47 Å². The molecule has 0 radical (unpaired) electrons. The number of halogens is 6. The van der Waals surface area contributed by atoms with Crippen molar-refractivity contribution in [2.24, 2.45) is 11.3 Å². The summed E-state index contributed by atoms with van der Waals surface area (Å²) < 4.78 is 81.0. The lowest BCUT2D eigenvalue weighted by atomic mass is 10.1. The van der Waals surface area contributed by atoms with Crippen molar-refractivity contribution in [1.82, 2.24) is 0 Å². The quantitative estimate of drug-likeness (QED) is 0.451. The molecule has 0 spiro atoms. The number of carbonyl (C=O) groups excluding carboxylic acids is 2. The van der Waals surface area contributed by atoms with Crippen molar-refractivity contribution < 1.29 is 45.4 Å². The molecule has 4 nitrogen and oxygen atoms in total. The first-order valence-corrected chi connectivity index (χ1v) is 5.93. The van der Waals surface area contributed by atoms with E-state index < -0.39 is 41.7 Å². The van der Waals surface area contributed by atoms with Gasteiger partial charge in [-0.05, 0) is 19.3 Å². The second kappa shape index (κ2) is 5.81. The highest BCUT2D eigenvalue weighted by Gasteiger charge is 2.60. The van der Waals surface area contributed by atoms with E-state index in [0.29, 0.717) is 6.08 Å². The maximum atomic E-state index is 12.2. The van der Waals surface area contributed by atoms with Crippen LogP contribution in [0, 0.1) is 11.3 Å². The first-order valence-electron chi connectivity index (χ1n) is 5.93. The molecule has 1 fully saturated rings. The van der Waals surface area contributed by atoms with Crippen LogP contribution in [0.2, 0.25) is 0 Å². The van der Waals surface area contributed by atoms with E-state index in [1.54, 1.807) is 0 Å². The molecular formula is C12H12F6O4. The first kappa shape index (κ1) is 18.3. The average molecular weight is 334 g/mol. The van der Waals surface area contributed by atoms with Crippen molar-refractivity contribution in [2.75, 3.05) is 7.11 Å². The third kappa shape index (κ3) is 4.14. The zero-order valence-corrected chi connectivity index (χ0v) is 11.4. The molecule has 0 heterocycles. The van der Waals surface area contributed by atoms with Crippen molar-refractivity contribution in [3.63, 3.8) is 0 Å². The summed E-state index contributed by atoms with van der Waals surface area (Å²) in [7, 11) is 1.14. The van der Waals surface area contributed by atoms with Crippen molar-refractivity contribution in [2.45, 2.75) is 31.8 Å². The first-order chi connectivity index (χ1) is 9.82. The molecule has 126 valence electrons. The highest BCUT2D eigenvalue weighted by atomic mass is 19.4. The number of carbonyl (C=O) groups is 2. The molecular weight excluding hydrogens is 322 g/mol. The smallest absolute Gasteiger partial charge is 0.434 e. The Morgan fingerprint density at radius 2 is 1.68 bits per heavy atom. The molecule has 1 rings (SSSR count). The lowest BCUT2D eigenvalue weighted by Crippen LogP contribution is -2.45. The Morgan fingerprint density at radius 3 is 2.09 bits per heavy atom. The van der Waals surface area contributed by atoms with E-state index in [1.165, 1.54) is 6.92 Å². The van der Waals surface area contributed by atoms with Gasteiger partial charge in [0, 0.05) is 6.08 Å².